The van der Waals surface area contributed by atoms with Gasteiger partial charge in [-0.05, 0) is 71.7 Å². The van der Waals surface area contributed by atoms with Gasteiger partial charge in [-0.15, -0.1) is 0 Å². The van der Waals surface area contributed by atoms with Gasteiger partial charge in [0.15, 0.2) is 16.7 Å². The Morgan fingerprint density at radius 1 is 1.00 bits per heavy atom. The molecule has 3 N–H and O–H groups in total. The Bertz CT molecular complexity index is 1290. The van der Waals surface area contributed by atoms with Crippen molar-refractivity contribution in [2.24, 2.45) is 0 Å². The zero-order valence-corrected chi connectivity index (χ0v) is 19.9. The molecule has 0 aliphatic rings. The Kier molecular flexibility index (Phi) is 7.13. The third-order valence-electron chi connectivity index (χ3n) is 4.99. The van der Waals surface area contributed by atoms with Crippen LogP contribution >= 0.6 is 35.4 Å². The Labute approximate surface area is 206 Å². The number of nitrogens with one attached hydrogen (secondary N) is 2. The second-order valence-electron chi connectivity index (χ2n) is 7.23. The van der Waals surface area contributed by atoms with E-state index in [1.54, 1.807) is 25.4 Å². The Morgan fingerprint density at radius 2 is 1.73 bits per heavy atom. The number of halogens is 2. The van der Waals surface area contributed by atoms with Gasteiger partial charge in [0.05, 0.1) is 34.4 Å². The number of methoxy groups -OCH3 is 1. The van der Waals surface area contributed by atoms with Crippen LogP contribution in [0.1, 0.15) is 5.56 Å². The van der Waals surface area contributed by atoms with Crippen molar-refractivity contribution in [2.45, 2.75) is 6.42 Å². The molecule has 0 spiro atoms. The Hall–Kier alpha value is -3.13. The van der Waals surface area contributed by atoms with E-state index >= 15 is 0 Å². The van der Waals surface area contributed by atoms with Crippen LogP contribution in [0.4, 0.5) is 5.82 Å². The summed E-state index contributed by atoms with van der Waals surface area (Å²) in [6.45, 7) is 0.672. The molecule has 4 aromatic rings. The number of aromatic nitrogens is 2. The SMILES string of the molecule is COc1ccc(CCNC(=S)Nc2cnc3ccc(-c4cc(Cl)c(O)c(Cl)c4)cc3n2)cc1. The fraction of sp³-hybridized carbons (Fsp3) is 0.125. The highest BCUT2D eigenvalue weighted by atomic mass is 35.5. The van der Waals surface area contributed by atoms with E-state index in [9.17, 15) is 5.11 Å². The average Bonchev–Trinajstić information content (AvgIpc) is 2.82. The number of hydrogen-bond donors (Lipinski definition) is 3. The summed E-state index contributed by atoms with van der Waals surface area (Å²) in [5.74, 6) is 1.23. The first-order valence-electron chi connectivity index (χ1n) is 10.1. The van der Waals surface area contributed by atoms with E-state index in [0.29, 0.717) is 23.0 Å². The van der Waals surface area contributed by atoms with Crippen LogP contribution in [0.2, 0.25) is 10.0 Å². The van der Waals surface area contributed by atoms with Gasteiger partial charge >= 0.3 is 0 Å². The van der Waals surface area contributed by atoms with Crippen molar-refractivity contribution in [1.29, 1.82) is 0 Å². The van der Waals surface area contributed by atoms with E-state index in [1.165, 1.54) is 5.56 Å². The molecule has 1 heterocycles. The van der Waals surface area contributed by atoms with Gasteiger partial charge in [0.1, 0.15) is 5.75 Å². The Balaban J connectivity index is 1.43. The van der Waals surface area contributed by atoms with Crippen LogP contribution in [0, 0.1) is 0 Å². The molecular weight excluding hydrogens is 479 g/mol. The number of ether oxygens (including phenoxy) is 1. The molecule has 0 saturated carbocycles. The molecule has 1 aromatic heterocycles. The standard InChI is InChI=1S/C24H20Cl2N4O2S/c1-32-17-5-2-14(3-6-17)8-9-27-24(33)30-22-13-28-20-7-4-15(12-21(20)29-22)16-10-18(25)23(31)19(26)11-16/h2-7,10-13,31H,8-9H2,1H3,(H2,27,29,30,33). The van der Waals surface area contributed by atoms with Crippen molar-refractivity contribution in [3.8, 4) is 22.6 Å². The van der Waals surface area contributed by atoms with Crippen molar-refractivity contribution >= 4 is 57.4 Å². The molecule has 33 heavy (non-hydrogen) atoms. The fourth-order valence-electron chi connectivity index (χ4n) is 3.26. The minimum absolute atomic E-state index is 0.137. The number of aromatic hydroxyl groups is 1. The number of phenolic OH excluding ortho intramolecular Hbond substituents is 1. The monoisotopic (exact) mass is 498 g/mol. The van der Waals surface area contributed by atoms with Crippen molar-refractivity contribution in [3.63, 3.8) is 0 Å². The molecule has 3 aromatic carbocycles. The van der Waals surface area contributed by atoms with E-state index in [4.69, 9.17) is 40.2 Å². The quantitative estimate of drug-likeness (QED) is 0.288. The normalized spacial score (nSPS) is 10.8. The second-order valence-corrected chi connectivity index (χ2v) is 8.45. The van der Waals surface area contributed by atoms with Crippen LogP contribution in [0.15, 0.2) is 60.8 Å². The van der Waals surface area contributed by atoms with Gasteiger partial charge in [0.2, 0.25) is 0 Å². The molecular formula is C24H20Cl2N4O2S. The zero-order valence-electron chi connectivity index (χ0n) is 17.6. The van der Waals surface area contributed by atoms with Crippen molar-refractivity contribution in [1.82, 2.24) is 15.3 Å². The lowest BCUT2D eigenvalue weighted by Gasteiger charge is -2.11. The van der Waals surface area contributed by atoms with Crippen molar-refractivity contribution in [2.75, 3.05) is 19.0 Å². The minimum atomic E-state index is -0.137. The van der Waals surface area contributed by atoms with E-state index in [2.05, 4.69) is 20.6 Å². The molecule has 0 unspecified atom stereocenters. The molecule has 4 rings (SSSR count). The molecule has 0 radical (unpaired) electrons. The molecule has 6 nitrogen and oxygen atoms in total. The molecule has 0 atom stereocenters. The van der Waals surface area contributed by atoms with Gasteiger partial charge in [-0.3, -0.25) is 4.98 Å². The number of anilines is 1. The van der Waals surface area contributed by atoms with E-state index in [-0.39, 0.29) is 15.8 Å². The van der Waals surface area contributed by atoms with Crippen LogP contribution < -0.4 is 15.4 Å². The van der Waals surface area contributed by atoms with Crippen molar-refractivity contribution in [3.05, 3.63) is 76.4 Å². The summed E-state index contributed by atoms with van der Waals surface area (Å²) in [5, 5.41) is 16.9. The number of rotatable bonds is 6. The van der Waals surface area contributed by atoms with Crippen molar-refractivity contribution < 1.29 is 9.84 Å². The summed E-state index contributed by atoms with van der Waals surface area (Å²) in [4.78, 5) is 9.06. The highest BCUT2D eigenvalue weighted by molar-refractivity contribution is 7.80. The van der Waals surface area contributed by atoms with Crippen LogP contribution in [0.25, 0.3) is 22.2 Å². The van der Waals surface area contributed by atoms with Gasteiger partial charge in [-0.25, -0.2) is 4.98 Å². The first kappa shape index (κ1) is 23.0. The predicted molar refractivity (Wildman–Crippen MR) is 138 cm³/mol. The number of benzene rings is 3. The van der Waals surface area contributed by atoms with Gasteiger partial charge in [0.25, 0.3) is 0 Å². The molecule has 0 aliphatic heterocycles. The summed E-state index contributed by atoms with van der Waals surface area (Å²) in [6.07, 6.45) is 2.45. The number of thiocarbonyl (C=S) groups is 1. The smallest absolute Gasteiger partial charge is 0.171 e. The maximum atomic E-state index is 9.80. The minimum Gasteiger partial charge on any atom is -0.505 e. The summed E-state index contributed by atoms with van der Waals surface area (Å²) in [6, 6.07) is 16.9. The maximum Gasteiger partial charge on any atom is 0.171 e. The molecule has 168 valence electrons. The first-order valence-corrected chi connectivity index (χ1v) is 11.2. The number of phenols is 1. The molecule has 0 bridgehead atoms. The van der Waals surface area contributed by atoms with Crippen LogP contribution in [0.5, 0.6) is 11.5 Å². The Morgan fingerprint density at radius 3 is 2.42 bits per heavy atom. The molecule has 0 saturated heterocycles. The molecule has 0 fully saturated rings. The summed E-state index contributed by atoms with van der Waals surface area (Å²) in [5.41, 5.74) is 4.20. The summed E-state index contributed by atoms with van der Waals surface area (Å²) in [7, 11) is 1.65. The summed E-state index contributed by atoms with van der Waals surface area (Å²) < 4.78 is 5.18. The molecule has 9 heteroatoms. The largest absolute Gasteiger partial charge is 0.505 e. The average molecular weight is 499 g/mol. The van der Waals surface area contributed by atoms with E-state index in [1.807, 2.05) is 42.5 Å². The van der Waals surface area contributed by atoms with Crippen LogP contribution in [-0.2, 0) is 6.42 Å². The van der Waals surface area contributed by atoms with Crippen LogP contribution in [-0.4, -0.2) is 33.8 Å². The molecule has 0 aliphatic carbocycles. The van der Waals surface area contributed by atoms with Crippen LogP contribution in [0.3, 0.4) is 0 Å². The lowest BCUT2D eigenvalue weighted by molar-refractivity contribution is 0.414. The lowest BCUT2D eigenvalue weighted by atomic mass is 10.0. The predicted octanol–water partition coefficient (Wildman–Crippen LogP) is 5.85. The second kappa shape index (κ2) is 10.2. The van der Waals surface area contributed by atoms with Gasteiger partial charge in [-0.1, -0.05) is 41.4 Å². The first-order chi connectivity index (χ1) is 15.9. The zero-order chi connectivity index (χ0) is 23.4. The number of hydrogen-bond acceptors (Lipinski definition) is 5. The number of fused-ring (bicyclic) bond motifs is 1. The highest BCUT2D eigenvalue weighted by Gasteiger charge is 2.10. The van der Waals surface area contributed by atoms with E-state index in [0.717, 1.165) is 28.8 Å². The highest BCUT2D eigenvalue weighted by Crippen LogP contribution is 2.36. The van der Waals surface area contributed by atoms with Gasteiger partial charge in [-0.2, -0.15) is 0 Å². The third-order valence-corrected chi connectivity index (χ3v) is 5.81. The van der Waals surface area contributed by atoms with Gasteiger partial charge in [0, 0.05) is 6.54 Å². The maximum absolute atomic E-state index is 9.80. The third kappa shape index (κ3) is 5.63. The summed E-state index contributed by atoms with van der Waals surface area (Å²) >= 11 is 17.5. The van der Waals surface area contributed by atoms with Gasteiger partial charge < -0.3 is 20.5 Å². The molecule has 0 amide bonds. The lowest BCUT2D eigenvalue weighted by Crippen LogP contribution is -2.30. The fourth-order valence-corrected chi connectivity index (χ4v) is 3.95. The van der Waals surface area contributed by atoms with E-state index < -0.39 is 0 Å². The number of nitrogens with zero attached hydrogens (tertiary/aromatic N) is 2. The topological polar surface area (TPSA) is 79.3 Å².